The quantitative estimate of drug-likeness (QED) is 0.437. The molecule has 2 aliphatic rings. The van der Waals surface area contributed by atoms with Gasteiger partial charge in [-0.3, -0.25) is 9.36 Å². The van der Waals surface area contributed by atoms with Crippen LogP contribution in [0.3, 0.4) is 0 Å². The summed E-state index contributed by atoms with van der Waals surface area (Å²) in [5, 5.41) is 3.48. The normalized spacial score (nSPS) is 20.1. The molecule has 1 aromatic heterocycles. The maximum absolute atomic E-state index is 13.6. The predicted octanol–water partition coefficient (Wildman–Crippen LogP) is 5.90. The molecule has 32 heavy (non-hydrogen) atoms. The topological polar surface area (TPSA) is 46.9 Å². The number of ketones is 1. The molecule has 0 spiro atoms. The lowest BCUT2D eigenvalue weighted by molar-refractivity contribution is -0.116. The first-order chi connectivity index (χ1) is 15.6. The number of benzene rings is 3. The van der Waals surface area contributed by atoms with Gasteiger partial charge < -0.3 is 5.32 Å². The number of aromatic nitrogens is 2. The third-order valence-corrected chi connectivity index (χ3v) is 6.63. The van der Waals surface area contributed by atoms with E-state index in [1.807, 2.05) is 18.2 Å². The van der Waals surface area contributed by atoms with Gasteiger partial charge in [0.2, 0.25) is 5.95 Å². The molecule has 0 bridgehead atoms. The molecule has 0 saturated carbocycles. The summed E-state index contributed by atoms with van der Waals surface area (Å²) >= 11 is 0. The lowest BCUT2D eigenvalue weighted by Crippen LogP contribution is -2.33. The molecular formula is C27H22FN3O. The van der Waals surface area contributed by atoms with Crippen LogP contribution in [0.2, 0.25) is 0 Å². The van der Waals surface area contributed by atoms with Gasteiger partial charge in [0.1, 0.15) is 5.82 Å². The highest BCUT2D eigenvalue weighted by molar-refractivity contribution is 6.01. The molecule has 6 rings (SSSR count). The van der Waals surface area contributed by atoms with Gasteiger partial charge in [-0.25, -0.2) is 9.37 Å². The Morgan fingerprint density at radius 3 is 2.44 bits per heavy atom. The van der Waals surface area contributed by atoms with Crippen molar-refractivity contribution in [1.82, 2.24) is 9.55 Å². The SMILES string of the molecule is Cc1ccc(C2C3=C(CC(c4ccc(F)cc4)CC3=O)Nc3nc4ccccc4n32)cc1. The number of rotatable bonds is 2. The van der Waals surface area contributed by atoms with E-state index in [1.165, 1.54) is 17.7 Å². The average molecular weight is 423 g/mol. The Hall–Kier alpha value is -3.73. The smallest absolute Gasteiger partial charge is 0.209 e. The summed E-state index contributed by atoms with van der Waals surface area (Å²) in [5.41, 5.74) is 6.86. The van der Waals surface area contributed by atoms with Gasteiger partial charge in [0.05, 0.1) is 17.1 Å². The van der Waals surface area contributed by atoms with E-state index in [0.717, 1.165) is 39.4 Å². The number of nitrogens with one attached hydrogen (secondary N) is 1. The van der Waals surface area contributed by atoms with Crippen LogP contribution in [0.25, 0.3) is 11.0 Å². The molecule has 1 aliphatic carbocycles. The molecule has 4 nitrogen and oxygen atoms in total. The summed E-state index contributed by atoms with van der Waals surface area (Å²) in [6, 6.07) is 22.7. The fourth-order valence-corrected chi connectivity index (χ4v) is 5.06. The number of hydrogen-bond acceptors (Lipinski definition) is 3. The highest BCUT2D eigenvalue weighted by Crippen LogP contribution is 2.45. The monoisotopic (exact) mass is 423 g/mol. The van der Waals surface area contributed by atoms with Gasteiger partial charge in [0.15, 0.2) is 5.78 Å². The second-order valence-corrected chi connectivity index (χ2v) is 8.70. The summed E-state index contributed by atoms with van der Waals surface area (Å²) in [4.78, 5) is 18.4. The van der Waals surface area contributed by atoms with Crippen molar-refractivity contribution in [1.29, 1.82) is 0 Å². The molecular weight excluding hydrogens is 401 g/mol. The number of allylic oxidation sites excluding steroid dienone is 2. The molecule has 5 heteroatoms. The Morgan fingerprint density at radius 2 is 1.66 bits per heavy atom. The van der Waals surface area contributed by atoms with Crippen molar-refractivity contribution in [3.8, 4) is 0 Å². The Labute approximate surface area is 185 Å². The minimum absolute atomic E-state index is 0.0175. The van der Waals surface area contributed by atoms with E-state index in [1.54, 1.807) is 12.1 Å². The van der Waals surface area contributed by atoms with Gasteiger partial charge in [0, 0.05) is 17.7 Å². The second-order valence-electron chi connectivity index (χ2n) is 8.70. The van der Waals surface area contributed by atoms with Crippen LogP contribution in [0.1, 0.15) is 41.5 Å². The van der Waals surface area contributed by atoms with Gasteiger partial charge >= 0.3 is 0 Å². The van der Waals surface area contributed by atoms with Crippen LogP contribution in [0.15, 0.2) is 84.1 Å². The van der Waals surface area contributed by atoms with Crippen molar-refractivity contribution in [2.45, 2.75) is 31.7 Å². The molecule has 1 aliphatic heterocycles. The van der Waals surface area contributed by atoms with Crippen molar-refractivity contribution in [3.63, 3.8) is 0 Å². The van der Waals surface area contributed by atoms with Gasteiger partial charge in [-0.1, -0.05) is 54.1 Å². The van der Waals surface area contributed by atoms with E-state index < -0.39 is 0 Å². The third-order valence-electron chi connectivity index (χ3n) is 6.63. The molecule has 2 atom stereocenters. The molecule has 3 aromatic carbocycles. The maximum atomic E-state index is 13.6. The molecule has 2 unspecified atom stereocenters. The van der Waals surface area contributed by atoms with Gasteiger partial charge in [0.25, 0.3) is 0 Å². The van der Waals surface area contributed by atoms with E-state index in [4.69, 9.17) is 4.98 Å². The summed E-state index contributed by atoms with van der Waals surface area (Å²) in [5.74, 6) is 0.633. The fraction of sp³-hybridized carbons (Fsp3) is 0.185. The highest BCUT2D eigenvalue weighted by atomic mass is 19.1. The predicted molar refractivity (Wildman–Crippen MR) is 123 cm³/mol. The number of carbonyl (C=O) groups is 1. The lowest BCUT2D eigenvalue weighted by Gasteiger charge is -2.36. The largest absolute Gasteiger partial charge is 0.329 e. The lowest BCUT2D eigenvalue weighted by atomic mass is 9.77. The van der Waals surface area contributed by atoms with Crippen LogP contribution >= 0.6 is 0 Å². The number of hydrogen-bond donors (Lipinski definition) is 1. The first-order valence-corrected chi connectivity index (χ1v) is 10.9. The summed E-state index contributed by atoms with van der Waals surface area (Å²) in [7, 11) is 0. The standard InChI is InChI=1S/C27H22FN3O/c1-16-6-8-18(9-7-16)26-25-22(30-27-29-21-4-2-3-5-23(21)31(26)27)14-19(15-24(25)32)17-10-12-20(28)13-11-17/h2-13,19,26H,14-15H2,1H3,(H,29,30). The number of aryl methyl sites for hydroxylation is 1. The summed E-state index contributed by atoms with van der Waals surface area (Å²) in [6.45, 7) is 2.06. The first-order valence-electron chi connectivity index (χ1n) is 10.9. The van der Waals surface area contributed by atoms with E-state index >= 15 is 0 Å². The molecule has 0 saturated heterocycles. The molecule has 158 valence electrons. The Balaban J connectivity index is 1.51. The Kier molecular flexibility index (Phi) is 4.25. The maximum Gasteiger partial charge on any atom is 0.209 e. The highest BCUT2D eigenvalue weighted by Gasteiger charge is 2.39. The average Bonchev–Trinajstić information content (AvgIpc) is 3.17. The minimum atomic E-state index is -0.264. The number of halogens is 1. The van der Waals surface area contributed by atoms with Gasteiger partial charge in [-0.2, -0.15) is 0 Å². The zero-order valence-corrected chi connectivity index (χ0v) is 17.7. The molecule has 1 N–H and O–H groups in total. The molecule has 0 fully saturated rings. The summed E-state index contributed by atoms with van der Waals surface area (Å²) in [6.07, 6.45) is 1.11. The van der Waals surface area contributed by atoms with Crippen LogP contribution < -0.4 is 5.32 Å². The van der Waals surface area contributed by atoms with Crippen molar-refractivity contribution in [2.24, 2.45) is 0 Å². The van der Waals surface area contributed by atoms with Crippen molar-refractivity contribution in [2.75, 3.05) is 5.32 Å². The van der Waals surface area contributed by atoms with Crippen molar-refractivity contribution < 1.29 is 9.18 Å². The second kappa shape index (κ2) is 7.16. The first kappa shape index (κ1) is 19.0. The van der Waals surface area contributed by atoms with Crippen LogP contribution in [-0.2, 0) is 4.79 Å². The number of imidazole rings is 1. The Bertz CT molecular complexity index is 1380. The number of nitrogens with zero attached hydrogens (tertiary/aromatic N) is 2. The molecule has 0 radical (unpaired) electrons. The summed E-state index contributed by atoms with van der Waals surface area (Å²) < 4.78 is 15.6. The van der Waals surface area contributed by atoms with E-state index in [9.17, 15) is 9.18 Å². The molecule has 2 heterocycles. The van der Waals surface area contributed by atoms with Crippen molar-refractivity contribution >= 4 is 22.8 Å². The van der Waals surface area contributed by atoms with Crippen LogP contribution in [0, 0.1) is 12.7 Å². The van der Waals surface area contributed by atoms with Crippen LogP contribution in [0.5, 0.6) is 0 Å². The molecule has 4 aromatic rings. The van der Waals surface area contributed by atoms with Gasteiger partial charge in [-0.15, -0.1) is 0 Å². The van der Waals surface area contributed by atoms with E-state index in [-0.39, 0.29) is 23.6 Å². The van der Waals surface area contributed by atoms with Crippen molar-refractivity contribution in [3.05, 3.63) is 107 Å². The van der Waals surface area contributed by atoms with E-state index in [0.29, 0.717) is 12.8 Å². The van der Waals surface area contributed by atoms with Crippen LogP contribution in [-0.4, -0.2) is 15.3 Å². The Morgan fingerprint density at radius 1 is 0.938 bits per heavy atom. The molecule has 0 amide bonds. The number of Topliss-reactive ketones (excluding diaryl/α,β-unsaturated/α-hetero) is 1. The number of para-hydroxylation sites is 2. The number of carbonyl (C=O) groups excluding carboxylic acids is 1. The fourth-order valence-electron chi connectivity index (χ4n) is 5.06. The van der Waals surface area contributed by atoms with E-state index in [2.05, 4.69) is 47.1 Å². The minimum Gasteiger partial charge on any atom is -0.329 e. The third kappa shape index (κ3) is 2.96. The zero-order valence-electron chi connectivity index (χ0n) is 17.7. The van der Waals surface area contributed by atoms with Gasteiger partial charge in [-0.05, 0) is 54.7 Å². The zero-order chi connectivity index (χ0) is 21.8. The number of fused-ring (bicyclic) bond motifs is 3. The van der Waals surface area contributed by atoms with Crippen LogP contribution in [0.4, 0.5) is 10.3 Å². The number of anilines is 1.